The van der Waals surface area contributed by atoms with Crippen molar-refractivity contribution in [1.82, 2.24) is 15.5 Å². The van der Waals surface area contributed by atoms with Gasteiger partial charge in [0.1, 0.15) is 12.4 Å². The smallest absolute Gasteiger partial charge is 0.258 e. The SMILES string of the molecule is O=C(COc1ccccc1Cl)NCCOc1ccc(-c2ccccc2)nn1. The molecule has 0 aliphatic heterocycles. The predicted molar refractivity (Wildman–Crippen MR) is 103 cm³/mol. The van der Waals surface area contributed by atoms with Crippen LogP contribution in [0.25, 0.3) is 11.3 Å². The molecule has 0 saturated carbocycles. The Labute approximate surface area is 162 Å². The lowest BCUT2D eigenvalue weighted by atomic mass is 10.1. The van der Waals surface area contributed by atoms with Crippen molar-refractivity contribution < 1.29 is 14.3 Å². The highest BCUT2D eigenvalue weighted by molar-refractivity contribution is 6.32. The molecule has 2 aromatic carbocycles. The van der Waals surface area contributed by atoms with Crippen molar-refractivity contribution in [3.63, 3.8) is 0 Å². The van der Waals surface area contributed by atoms with Gasteiger partial charge in [0, 0.05) is 11.6 Å². The van der Waals surface area contributed by atoms with Gasteiger partial charge in [-0.2, -0.15) is 0 Å². The van der Waals surface area contributed by atoms with E-state index in [1.165, 1.54) is 0 Å². The second kappa shape index (κ2) is 9.54. The standard InChI is InChI=1S/C20H18ClN3O3/c21-16-8-4-5-9-18(16)27-14-19(25)22-12-13-26-20-11-10-17(23-24-20)15-6-2-1-3-7-15/h1-11H,12-14H2,(H,22,25). The van der Waals surface area contributed by atoms with Crippen molar-refractivity contribution in [2.75, 3.05) is 19.8 Å². The largest absolute Gasteiger partial charge is 0.482 e. The number of ether oxygens (including phenoxy) is 2. The Hall–Kier alpha value is -3.12. The number of amides is 1. The lowest BCUT2D eigenvalue weighted by Crippen LogP contribution is -2.32. The van der Waals surface area contributed by atoms with E-state index in [2.05, 4.69) is 15.5 Å². The molecule has 0 fully saturated rings. The summed E-state index contributed by atoms with van der Waals surface area (Å²) in [6.45, 7) is 0.485. The molecule has 0 radical (unpaired) electrons. The lowest BCUT2D eigenvalue weighted by molar-refractivity contribution is -0.123. The maximum Gasteiger partial charge on any atom is 0.258 e. The Morgan fingerprint density at radius 3 is 2.44 bits per heavy atom. The number of halogens is 1. The van der Waals surface area contributed by atoms with E-state index in [9.17, 15) is 4.79 Å². The molecule has 3 aromatic rings. The molecule has 0 bridgehead atoms. The van der Waals surface area contributed by atoms with Gasteiger partial charge in [0.2, 0.25) is 5.88 Å². The Balaban J connectivity index is 1.37. The van der Waals surface area contributed by atoms with E-state index in [1.807, 2.05) is 36.4 Å². The van der Waals surface area contributed by atoms with Crippen LogP contribution in [0.2, 0.25) is 5.02 Å². The number of nitrogens with zero attached hydrogens (tertiary/aromatic N) is 2. The van der Waals surface area contributed by atoms with E-state index >= 15 is 0 Å². The summed E-state index contributed by atoms with van der Waals surface area (Å²) in [6.07, 6.45) is 0. The summed E-state index contributed by atoms with van der Waals surface area (Å²) >= 11 is 5.96. The minimum atomic E-state index is -0.260. The van der Waals surface area contributed by atoms with Gasteiger partial charge in [-0.25, -0.2) is 0 Å². The van der Waals surface area contributed by atoms with Crippen LogP contribution in [0.3, 0.4) is 0 Å². The summed E-state index contributed by atoms with van der Waals surface area (Å²) < 4.78 is 10.8. The monoisotopic (exact) mass is 383 g/mol. The molecular formula is C20H18ClN3O3. The predicted octanol–water partition coefficient (Wildman–Crippen LogP) is 3.37. The van der Waals surface area contributed by atoms with Gasteiger partial charge < -0.3 is 14.8 Å². The highest BCUT2D eigenvalue weighted by atomic mass is 35.5. The number of rotatable bonds is 8. The number of para-hydroxylation sites is 1. The van der Waals surface area contributed by atoms with Gasteiger partial charge in [-0.3, -0.25) is 4.79 Å². The molecular weight excluding hydrogens is 366 g/mol. The Morgan fingerprint density at radius 1 is 0.926 bits per heavy atom. The fourth-order valence-electron chi connectivity index (χ4n) is 2.26. The first kappa shape index (κ1) is 18.7. The molecule has 0 saturated heterocycles. The molecule has 1 amide bonds. The van der Waals surface area contributed by atoms with Crippen LogP contribution >= 0.6 is 11.6 Å². The minimum absolute atomic E-state index is 0.116. The number of hydrogen-bond donors (Lipinski definition) is 1. The molecule has 1 aromatic heterocycles. The summed E-state index contributed by atoms with van der Waals surface area (Å²) in [5.74, 6) is 0.611. The summed E-state index contributed by atoms with van der Waals surface area (Å²) in [5.41, 5.74) is 1.76. The van der Waals surface area contributed by atoms with Gasteiger partial charge in [-0.05, 0) is 18.2 Å². The summed E-state index contributed by atoms with van der Waals surface area (Å²) in [5, 5.41) is 11.3. The molecule has 0 spiro atoms. The maximum atomic E-state index is 11.8. The van der Waals surface area contributed by atoms with Crippen molar-refractivity contribution in [1.29, 1.82) is 0 Å². The van der Waals surface area contributed by atoms with E-state index in [4.69, 9.17) is 21.1 Å². The zero-order chi connectivity index (χ0) is 18.9. The van der Waals surface area contributed by atoms with Crippen LogP contribution in [0, 0.1) is 0 Å². The van der Waals surface area contributed by atoms with Gasteiger partial charge in [-0.15, -0.1) is 10.2 Å². The van der Waals surface area contributed by atoms with Gasteiger partial charge in [0.05, 0.1) is 17.3 Å². The third-order valence-electron chi connectivity index (χ3n) is 3.58. The first-order valence-corrected chi connectivity index (χ1v) is 8.76. The lowest BCUT2D eigenvalue weighted by Gasteiger charge is -2.09. The van der Waals surface area contributed by atoms with Crippen molar-refractivity contribution >= 4 is 17.5 Å². The topological polar surface area (TPSA) is 73.3 Å². The second-order valence-corrected chi connectivity index (χ2v) is 5.95. The highest BCUT2D eigenvalue weighted by Gasteiger charge is 2.05. The fourth-order valence-corrected chi connectivity index (χ4v) is 2.45. The molecule has 6 nitrogen and oxygen atoms in total. The van der Waals surface area contributed by atoms with Crippen molar-refractivity contribution in [2.45, 2.75) is 0 Å². The molecule has 1 N–H and O–H groups in total. The zero-order valence-electron chi connectivity index (χ0n) is 14.5. The molecule has 0 aliphatic carbocycles. The average Bonchev–Trinajstić information content (AvgIpc) is 2.72. The van der Waals surface area contributed by atoms with Crippen LogP contribution in [-0.4, -0.2) is 35.9 Å². The van der Waals surface area contributed by atoms with Crippen LogP contribution in [0.4, 0.5) is 0 Å². The van der Waals surface area contributed by atoms with Gasteiger partial charge in [0.25, 0.3) is 5.91 Å². The Morgan fingerprint density at radius 2 is 1.70 bits per heavy atom. The fraction of sp³-hybridized carbons (Fsp3) is 0.150. The number of benzene rings is 2. The number of aromatic nitrogens is 2. The van der Waals surface area contributed by atoms with Crippen LogP contribution in [0.15, 0.2) is 66.7 Å². The Kier molecular flexibility index (Phi) is 6.60. The van der Waals surface area contributed by atoms with Gasteiger partial charge in [0.15, 0.2) is 6.61 Å². The molecule has 3 rings (SSSR count). The van der Waals surface area contributed by atoms with Gasteiger partial charge >= 0.3 is 0 Å². The van der Waals surface area contributed by atoms with Crippen LogP contribution in [-0.2, 0) is 4.79 Å². The average molecular weight is 384 g/mol. The highest BCUT2D eigenvalue weighted by Crippen LogP contribution is 2.22. The third kappa shape index (κ3) is 5.69. The van der Waals surface area contributed by atoms with Crippen molar-refractivity contribution in [2.24, 2.45) is 0 Å². The summed E-state index contributed by atoms with van der Waals surface area (Å²) in [6, 6.07) is 20.3. The molecule has 7 heteroatoms. The van der Waals surface area contributed by atoms with E-state index in [-0.39, 0.29) is 19.1 Å². The van der Waals surface area contributed by atoms with Crippen LogP contribution < -0.4 is 14.8 Å². The molecule has 0 unspecified atom stereocenters. The molecule has 0 aliphatic rings. The normalized spacial score (nSPS) is 10.3. The quantitative estimate of drug-likeness (QED) is 0.604. The van der Waals surface area contributed by atoms with Crippen LogP contribution in [0.1, 0.15) is 0 Å². The van der Waals surface area contributed by atoms with Crippen molar-refractivity contribution in [3.05, 3.63) is 71.8 Å². The number of carbonyl (C=O) groups excluding carboxylic acids is 1. The van der Waals surface area contributed by atoms with E-state index in [0.717, 1.165) is 11.3 Å². The van der Waals surface area contributed by atoms with Crippen molar-refractivity contribution in [3.8, 4) is 22.9 Å². The molecule has 1 heterocycles. The van der Waals surface area contributed by atoms with E-state index in [1.54, 1.807) is 30.3 Å². The minimum Gasteiger partial charge on any atom is -0.482 e. The first-order valence-electron chi connectivity index (χ1n) is 8.38. The summed E-state index contributed by atoms with van der Waals surface area (Å²) in [4.78, 5) is 11.8. The number of carbonyl (C=O) groups is 1. The Bertz CT molecular complexity index is 873. The summed E-state index contributed by atoms with van der Waals surface area (Å²) in [7, 11) is 0. The van der Waals surface area contributed by atoms with Crippen LogP contribution in [0.5, 0.6) is 11.6 Å². The maximum absolute atomic E-state index is 11.8. The van der Waals surface area contributed by atoms with E-state index < -0.39 is 0 Å². The number of nitrogens with one attached hydrogen (secondary N) is 1. The van der Waals surface area contributed by atoms with Gasteiger partial charge in [-0.1, -0.05) is 54.1 Å². The molecule has 27 heavy (non-hydrogen) atoms. The zero-order valence-corrected chi connectivity index (χ0v) is 15.2. The molecule has 0 atom stereocenters. The van der Waals surface area contributed by atoms with E-state index in [0.29, 0.717) is 23.2 Å². The second-order valence-electron chi connectivity index (χ2n) is 5.54. The third-order valence-corrected chi connectivity index (χ3v) is 3.89. The number of hydrogen-bond acceptors (Lipinski definition) is 5. The molecule has 138 valence electrons. The first-order chi connectivity index (χ1) is 13.2.